The molecule has 5 heteroatoms. The molecule has 1 saturated carbocycles. The highest BCUT2D eigenvalue weighted by atomic mass is 35.5. The van der Waals surface area contributed by atoms with Gasteiger partial charge < -0.3 is 10.4 Å². The van der Waals surface area contributed by atoms with Gasteiger partial charge in [-0.25, -0.2) is 0 Å². The van der Waals surface area contributed by atoms with Crippen molar-refractivity contribution in [1.29, 1.82) is 0 Å². The van der Waals surface area contributed by atoms with E-state index in [4.69, 9.17) is 16.7 Å². The molecule has 0 spiro atoms. The molecule has 108 valence electrons. The first-order valence-electron chi connectivity index (χ1n) is 6.76. The number of rotatable bonds is 4. The van der Waals surface area contributed by atoms with Gasteiger partial charge in [0.15, 0.2) is 0 Å². The summed E-state index contributed by atoms with van der Waals surface area (Å²) in [6.07, 6.45) is 1.67. The van der Waals surface area contributed by atoms with Gasteiger partial charge in [0.25, 0.3) is 0 Å². The maximum Gasteiger partial charge on any atom is 0.306 e. The third-order valence-electron chi connectivity index (χ3n) is 3.88. The van der Waals surface area contributed by atoms with Crippen molar-refractivity contribution in [2.45, 2.75) is 32.2 Å². The highest BCUT2D eigenvalue weighted by Gasteiger charge is 2.34. The number of halogens is 1. The van der Waals surface area contributed by atoms with Gasteiger partial charge in [-0.1, -0.05) is 23.7 Å². The van der Waals surface area contributed by atoms with Crippen LogP contribution in [0.15, 0.2) is 24.3 Å². The summed E-state index contributed by atoms with van der Waals surface area (Å²) in [6.45, 7) is 1.91. The zero-order valence-electron chi connectivity index (χ0n) is 11.3. The summed E-state index contributed by atoms with van der Waals surface area (Å²) in [6, 6.07) is 7.22. The van der Waals surface area contributed by atoms with E-state index in [0.717, 1.165) is 5.56 Å². The third kappa shape index (κ3) is 3.51. The highest BCUT2D eigenvalue weighted by Crippen LogP contribution is 2.31. The Morgan fingerprint density at radius 3 is 2.40 bits per heavy atom. The summed E-state index contributed by atoms with van der Waals surface area (Å²) in [5.74, 6) is -1.43. The van der Waals surface area contributed by atoms with Gasteiger partial charge in [-0.2, -0.15) is 0 Å². The minimum atomic E-state index is -0.800. The van der Waals surface area contributed by atoms with Crippen molar-refractivity contribution in [3.8, 4) is 0 Å². The zero-order valence-corrected chi connectivity index (χ0v) is 12.1. The van der Waals surface area contributed by atoms with Gasteiger partial charge in [0.1, 0.15) is 0 Å². The number of carboxylic acid groups (broad SMARTS) is 1. The van der Waals surface area contributed by atoms with Crippen LogP contribution in [0.2, 0.25) is 5.02 Å². The fourth-order valence-electron chi connectivity index (χ4n) is 2.61. The van der Waals surface area contributed by atoms with Gasteiger partial charge >= 0.3 is 5.97 Å². The molecule has 1 aliphatic rings. The molecule has 1 amide bonds. The van der Waals surface area contributed by atoms with Crippen LogP contribution in [0.5, 0.6) is 0 Å². The number of carboxylic acids is 1. The predicted molar refractivity (Wildman–Crippen MR) is 76.5 cm³/mol. The minimum Gasteiger partial charge on any atom is -0.481 e. The molecular weight excluding hydrogens is 278 g/mol. The normalized spacial score (nSPS) is 23.3. The first kappa shape index (κ1) is 14.9. The molecule has 1 aromatic carbocycles. The lowest BCUT2D eigenvalue weighted by Crippen LogP contribution is -2.32. The van der Waals surface area contributed by atoms with Crippen LogP contribution in [0.1, 0.15) is 37.8 Å². The van der Waals surface area contributed by atoms with Crippen molar-refractivity contribution in [1.82, 2.24) is 5.32 Å². The predicted octanol–water partition coefficient (Wildman–Crippen LogP) is 3.02. The fraction of sp³-hybridized carbons (Fsp3) is 0.467. The number of aliphatic carboxylic acids is 1. The number of benzene rings is 1. The summed E-state index contributed by atoms with van der Waals surface area (Å²) < 4.78 is 0. The number of carbonyl (C=O) groups is 2. The van der Waals surface area contributed by atoms with E-state index in [1.165, 1.54) is 0 Å². The molecule has 0 bridgehead atoms. The molecule has 0 aromatic heterocycles. The average Bonchev–Trinajstić information content (AvgIpc) is 2.89. The van der Waals surface area contributed by atoms with Crippen LogP contribution in [0.4, 0.5) is 0 Å². The second-order valence-electron chi connectivity index (χ2n) is 5.33. The van der Waals surface area contributed by atoms with Gasteiger partial charge in [0, 0.05) is 10.9 Å². The molecule has 4 nitrogen and oxygen atoms in total. The first-order chi connectivity index (χ1) is 9.47. The quantitative estimate of drug-likeness (QED) is 0.897. The Labute approximate surface area is 123 Å². The van der Waals surface area contributed by atoms with Crippen molar-refractivity contribution in [3.63, 3.8) is 0 Å². The van der Waals surface area contributed by atoms with E-state index in [2.05, 4.69) is 5.32 Å². The maximum atomic E-state index is 12.1. The van der Waals surface area contributed by atoms with Crippen LogP contribution >= 0.6 is 11.6 Å². The van der Waals surface area contributed by atoms with Gasteiger partial charge in [-0.3, -0.25) is 9.59 Å². The Hall–Kier alpha value is -1.55. The smallest absolute Gasteiger partial charge is 0.306 e. The number of hydrogen-bond acceptors (Lipinski definition) is 2. The van der Waals surface area contributed by atoms with Crippen molar-refractivity contribution >= 4 is 23.5 Å². The lowest BCUT2D eigenvalue weighted by Gasteiger charge is -2.17. The summed E-state index contributed by atoms with van der Waals surface area (Å²) in [7, 11) is 0. The number of hydrogen-bond donors (Lipinski definition) is 2. The molecule has 0 heterocycles. The lowest BCUT2D eigenvalue weighted by molar-refractivity contribution is -0.141. The van der Waals surface area contributed by atoms with Crippen LogP contribution in [-0.2, 0) is 9.59 Å². The van der Waals surface area contributed by atoms with Crippen molar-refractivity contribution in [2.75, 3.05) is 0 Å². The van der Waals surface area contributed by atoms with Crippen molar-refractivity contribution in [2.24, 2.45) is 11.8 Å². The summed E-state index contributed by atoms with van der Waals surface area (Å²) >= 11 is 5.83. The summed E-state index contributed by atoms with van der Waals surface area (Å²) in [5, 5.41) is 12.6. The second-order valence-corrected chi connectivity index (χ2v) is 5.76. The number of nitrogens with one attached hydrogen (secondary N) is 1. The van der Waals surface area contributed by atoms with E-state index in [1.54, 1.807) is 12.1 Å². The van der Waals surface area contributed by atoms with Crippen LogP contribution in [0.25, 0.3) is 0 Å². The Bertz CT molecular complexity index is 500. The Kier molecular flexibility index (Phi) is 4.65. The zero-order chi connectivity index (χ0) is 14.7. The van der Waals surface area contributed by atoms with E-state index in [-0.39, 0.29) is 23.8 Å². The molecule has 0 saturated heterocycles. The van der Waals surface area contributed by atoms with Crippen LogP contribution in [0, 0.1) is 11.8 Å². The van der Waals surface area contributed by atoms with E-state index in [1.807, 2.05) is 19.1 Å². The van der Waals surface area contributed by atoms with Crippen LogP contribution in [0.3, 0.4) is 0 Å². The molecule has 3 atom stereocenters. The average molecular weight is 296 g/mol. The Balaban J connectivity index is 1.91. The largest absolute Gasteiger partial charge is 0.481 e. The van der Waals surface area contributed by atoms with E-state index in [0.29, 0.717) is 24.3 Å². The molecule has 0 unspecified atom stereocenters. The molecule has 2 N–H and O–H groups in total. The van der Waals surface area contributed by atoms with Crippen LogP contribution in [-0.4, -0.2) is 17.0 Å². The van der Waals surface area contributed by atoms with Crippen LogP contribution < -0.4 is 5.32 Å². The van der Waals surface area contributed by atoms with Gasteiger partial charge in [-0.05, 0) is 43.9 Å². The Morgan fingerprint density at radius 2 is 1.85 bits per heavy atom. The summed E-state index contributed by atoms with van der Waals surface area (Å²) in [5.41, 5.74) is 0.982. The molecule has 0 aliphatic heterocycles. The lowest BCUT2D eigenvalue weighted by atomic mass is 10.0. The van der Waals surface area contributed by atoms with Gasteiger partial charge in [0.2, 0.25) is 5.91 Å². The van der Waals surface area contributed by atoms with Crippen molar-refractivity contribution in [3.05, 3.63) is 34.9 Å². The highest BCUT2D eigenvalue weighted by molar-refractivity contribution is 6.30. The number of carbonyl (C=O) groups excluding carboxylic acids is 1. The Morgan fingerprint density at radius 1 is 1.25 bits per heavy atom. The van der Waals surface area contributed by atoms with Gasteiger partial charge in [-0.15, -0.1) is 0 Å². The second kappa shape index (κ2) is 6.27. The first-order valence-corrected chi connectivity index (χ1v) is 7.14. The monoisotopic (exact) mass is 295 g/mol. The number of amides is 1. The fourth-order valence-corrected chi connectivity index (χ4v) is 2.74. The molecule has 1 aromatic rings. The van der Waals surface area contributed by atoms with E-state index >= 15 is 0 Å². The molecule has 0 radical (unpaired) electrons. The molecule has 1 fully saturated rings. The van der Waals surface area contributed by atoms with Gasteiger partial charge in [0.05, 0.1) is 12.0 Å². The maximum absolute atomic E-state index is 12.1. The molecule has 2 rings (SSSR count). The molecule has 1 aliphatic carbocycles. The summed E-state index contributed by atoms with van der Waals surface area (Å²) in [4.78, 5) is 23.0. The molecular formula is C15H18ClNO3. The SMILES string of the molecule is C[C@H](NC(=O)[C@@H]1CC[C@H](C(=O)O)C1)c1ccc(Cl)cc1. The van der Waals surface area contributed by atoms with E-state index < -0.39 is 5.97 Å². The van der Waals surface area contributed by atoms with Crippen molar-refractivity contribution < 1.29 is 14.7 Å². The van der Waals surface area contributed by atoms with E-state index in [9.17, 15) is 9.59 Å². The molecule has 20 heavy (non-hydrogen) atoms. The third-order valence-corrected chi connectivity index (χ3v) is 4.13. The standard InChI is InChI=1S/C15H18ClNO3/c1-9(10-4-6-13(16)7-5-10)17-14(18)11-2-3-12(8-11)15(19)20/h4-7,9,11-12H,2-3,8H2,1H3,(H,17,18)(H,19,20)/t9-,11+,12-/m0/s1. The minimum absolute atomic E-state index is 0.0591. The topological polar surface area (TPSA) is 66.4 Å².